The van der Waals surface area contributed by atoms with Crippen LogP contribution in [0.15, 0.2) is 30.3 Å². The zero-order valence-corrected chi connectivity index (χ0v) is 16.0. The Labute approximate surface area is 156 Å². The highest BCUT2D eigenvalue weighted by Gasteiger charge is 2.54. The third-order valence-corrected chi connectivity index (χ3v) is 6.88. The Morgan fingerprint density at radius 2 is 1.77 bits per heavy atom. The maximum atomic E-state index is 13.1. The molecule has 142 valence electrons. The number of amides is 2. The van der Waals surface area contributed by atoms with Gasteiger partial charge in [0.05, 0.1) is 24.2 Å². The molecule has 1 heterocycles. The van der Waals surface area contributed by atoms with E-state index in [9.17, 15) is 9.90 Å². The van der Waals surface area contributed by atoms with Gasteiger partial charge in [-0.05, 0) is 56.4 Å². The van der Waals surface area contributed by atoms with Crippen LogP contribution in [0, 0.1) is 0 Å². The molecule has 0 bridgehead atoms. The molecule has 1 aliphatic heterocycles. The molecule has 0 aromatic heterocycles. The number of rotatable bonds is 4. The summed E-state index contributed by atoms with van der Waals surface area (Å²) in [5, 5.41) is 14.5. The molecule has 2 amide bonds. The van der Waals surface area contributed by atoms with E-state index in [0.717, 1.165) is 51.5 Å². The standard InChI is InChI=1S/C21H31N3O2/c1-22(2)24-15-20(23(19(24)25)16-21(26)11-6-12-21)13-9-18(10-14-20)17-7-4-3-5-8-17/h3-5,7-8,18,26H,6,9-16H2,1-2H3. The largest absolute Gasteiger partial charge is 0.388 e. The number of nitrogens with zero attached hydrogens (tertiary/aromatic N) is 3. The summed E-state index contributed by atoms with van der Waals surface area (Å²) in [5.74, 6) is 0.582. The lowest BCUT2D eigenvalue weighted by Gasteiger charge is -2.47. The van der Waals surface area contributed by atoms with Crippen molar-refractivity contribution in [2.45, 2.75) is 62.0 Å². The van der Waals surface area contributed by atoms with Crippen LogP contribution in [0.2, 0.25) is 0 Å². The van der Waals surface area contributed by atoms with E-state index in [1.54, 1.807) is 0 Å². The Balaban J connectivity index is 1.53. The highest BCUT2D eigenvalue weighted by Crippen LogP contribution is 2.46. The zero-order valence-electron chi connectivity index (χ0n) is 16.0. The highest BCUT2D eigenvalue weighted by atomic mass is 16.3. The Kier molecular flexibility index (Phi) is 4.48. The molecular weight excluding hydrogens is 326 g/mol. The molecule has 0 unspecified atom stereocenters. The summed E-state index contributed by atoms with van der Waals surface area (Å²) in [7, 11) is 3.87. The maximum Gasteiger partial charge on any atom is 0.335 e. The zero-order chi connectivity index (χ0) is 18.4. The molecule has 1 spiro atoms. The molecule has 1 aromatic rings. The van der Waals surface area contributed by atoms with Crippen molar-refractivity contribution in [1.82, 2.24) is 14.9 Å². The molecule has 1 saturated heterocycles. The maximum absolute atomic E-state index is 13.1. The molecule has 3 aliphatic rings. The van der Waals surface area contributed by atoms with Gasteiger partial charge in [0.1, 0.15) is 0 Å². The van der Waals surface area contributed by atoms with Crippen LogP contribution < -0.4 is 0 Å². The van der Waals surface area contributed by atoms with Gasteiger partial charge in [0.25, 0.3) is 0 Å². The van der Waals surface area contributed by atoms with Gasteiger partial charge in [-0.15, -0.1) is 0 Å². The summed E-state index contributed by atoms with van der Waals surface area (Å²) in [6, 6.07) is 10.8. The number of carbonyl (C=O) groups excluding carboxylic acids is 1. The van der Waals surface area contributed by atoms with E-state index in [-0.39, 0.29) is 11.6 Å². The van der Waals surface area contributed by atoms with E-state index in [4.69, 9.17) is 0 Å². The van der Waals surface area contributed by atoms with Crippen molar-refractivity contribution in [2.24, 2.45) is 0 Å². The first-order valence-corrected chi connectivity index (χ1v) is 9.96. The first-order valence-electron chi connectivity index (χ1n) is 9.96. The lowest BCUT2D eigenvalue weighted by Crippen LogP contribution is -2.57. The number of carbonyl (C=O) groups is 1. The fourth-order valence-electron chi connectivity index (χ4n) is 5.00. The van der Waals surface area contributed by atoms with Crippen LogP contribution in [0.25, 0.3) is 0 Å². The van der Waals surface area contributed by atoms with E-state index in [1.807, 2.05) is 29.0 Å². The minimum Gasteiger partial charge on any atom is -0.388 e. The minimum atomic E-state index is -0.665. The first kappa shape index (κ1) is 17.8. The molecule has 2 saturated carbocycles. The van der Waals surface area contributed by atoms with Gasteiger partial charge >= 0.3 is 6.03 Å². The molecule has 4 rings (SSSR count). The van der Waals surface area contributed by atoms with Crippen molar-refractivity contribution in [3.05, 3.63) is 35.9 Å². The van der Waals surface area contributed by atoms with E-state index in [1.165, 1.54) is 5.56 Å². The summed E-state index contributed by atoms with van der Waals surface area (Å²) >= 11 is 0. The summed E-state index contributed by atoms with van der Waals surface area (Å²) in [5.41, 5.74) is 0.625. The Hall–Kier alpha value is -1.59. The van der Waals surface area contributed by atoms with Gasteiger partial charge in [-0.2, -0.15) is 0 Å². The van der Waals surface area contributed by atoms with Crippen LogP contribution in [0.4, 0.5) is 4.79 Å². The predicted molar refractivity (Wildman–Crippen MR) is 102 cm³/mol. The molecule has 26 heavy (non-hydrogen) atoms. The van der Waals surface area contributed by atoms with Gasteiger partial charge in [0.15, 0.2) is 0 Å². The second-order valence-corrected chi connectivity index (χ2v) is 8.76. The van der Waals surface area contributed by atoms with E-state index in [0.29, 0.717) is 12.5 Å². The predicted octanol–water partition coefficient (Wildman–Crippen LogP) is 3.21. The first-order chi connectivity index (χ1) is 12.4. The molecular formula is C21H31N3O2. The van der Waals surface area contributed by atoms with Crippen LogP contribution >= 0.6 is 0 Å². The van der Waals surface area contributed by atoms with Crippen LogP contribution in [0.3, 0.4) is 0 Å². The second kappa shape index (κ2) is 6.54. The SMILES string of the molecule is CN(C)N1CC2(CCC(c3ccccc3)CC2)N(CC2(O)CCC2)C1=O. The van der Waals surface area contributed by atoms with Gasteiger partial charge < -0.3 is 10.0 Å². The summed E-state index contributed by atoms with van der Waals surface area (Å²) in [6.07, 6.45) is 6.94. The van der Waals surface area contributed by atoms with Gasteiger partial charge in [0, 0.05) is 14.1 Å². The van der Waals surface area contributed by atoms with Crippen molar-refractivity contribution < 1.29 is 9.90 Å². The summed E-state index contributed by atoms with van der Waals surface area (Å²) in [4.78, 5) is 15.1. The molecule has 2 aliphatic carbocycles. The number of hydrogen-bond donors (Lipinski definition) is 1. The van der Waals surface area contributed by atoms with Gasteiger partial charge in [-0.25, -0.2) is 9.80 Å². The monoisotopic (exact) mass is 357 g/mol. The number of urea groups is 1. The van der Waals surface area contributed by atoms with Crippen molar-refractivity contribution in [1.29, 1.82) is 0 Å². The lowest BCUT2D eigenvalue weighted by atomic mass is 9.72. The molecule has 3 fully saturated rings. The van der Waals surface area contributed by atoms with E-state index < -0.39 is 5.60 Å². The van der Waals surface area contributed by atoms with Crippen LogP contribution in [0.1, 0.15) is 56.4 Å². The quantitative estimate of drug-likeness (QED) is 0.900. The van der Waals surface area contributed by atoms with E-state index >= 15 is 0 Å². The Bertz CT molecular complexity index is 648. The third-order valence-electron chi connectivity index (χ3n) is 6.88. The lowest BCUT2D eigenvalue weighted by molar-refractivity contribution is -0.0667. The van der Waals surface area contributed by atoms with E-state index in [2.05, 4.69) is 30.3 Å². The smallest absolute Gasteiger partial charge is 0.335 e. The Morgan fingerprint density at radius 1 is 1.12 bits per heavy atom. The van der Waals surface area contributed by atoms with Gasteiger partial charge in [0.2, 0.25) is 0 Å². The number of β-amino-alcohol motifs (C(OH)–C–C–N with tert-alkyl or cyclic N) is 1. The molecule has 5 heteroatoms. The average Bonchev–Trinajstić information content (AvgIpc) is 2.88. The van der Waals surface area contributed by atoms with Crippen molar-refractivity contribution in [2.75, 3.05) is 27.2 Å². The van der Waals surface area contributed by atoms with Crippen LogP contribution in [0.5, 0.6) is 0 Å². The van der Waals surface area contributed by atoms with Crippen LogP contribution in [-0.4, -0.2) is 64.4 Å². The number of hydrazine groups is 1. The Morgan fingerprint density at radius 3 is 2.31 bits per heavy atom. The van der Waals surface area contributed by atoms with Crippen molar-refractivity contribution in [3.63, 3.8) is 0 Å². The number of benzene rings is 1. The number of aliphatic hydroxyl groups is 1. The molecule has 0 atom stereocenters. The third kappa shape index (κ3) is 3.01. The summed E-state index contributed by atoms with van der Waals surface area (Å²) < 4.78 is 0. The van der Waals surface area contributed by atoms with Crippen molar-refractivity contribution >= 4 is 6.03 Å². The topological polar surface area (TPSA) is 47.0 Å². The molecule has 0 radical (unpaired) electrons. The fraction of sp³-hybridized carbons (Fsp3) is 0.667. The van der Waals surface area contributed by atoms with Gasteiger partial charge in [-0.1, -0.05) is 30.3 Å². The van der Waals surface area contributed by atoms with Crippen molar-refractivity contribution in [3.8, 4) is 0 Å². The number of hydrogen-bond acceptors (Lipinski definition) is 3. The average molecular weight is 357 g/mol. The van der Waals surface area contributed by atoms with Gasteiger partial charge in [-0.3, -0.25) is 5.01 Å². The van der Waals surface area contributed by atoms with Crippen LogP contribution in [-0.2, 0) is 0 Å². The molecule has 5 nitrogen and oxygen atoms in total. The molecule has 1 N–H and O–H groups in total. The highest BCUT2D eigenvalue weighted by molar-refractivity contribution is 5.78. The molecule has 1 aromatic carbocycles. The normalized spacial score (nSPS) is 30.9. The second-order valence-electron chi connectivity index (χ2n) is 8.76. The fourth-order valence-corrected chi connectivity index (χ4v) is 5.00. The minimum absolute atomic E-state index is 0.0634. The summed E-state index contributed by atoms with van der Waals surface area (Å²) in [6.45, 7) is 1.24.